The van der Waals surface area contributed by atoms with Crippen molar-refractivity contribution >= 4 is 69.2 Å². The van der Waals surface area contributed by atoms with Crippen LogP contribution in [0.3, 0.4) is 0 Å². The Morgan fingerprint density at radius 1 is 0.458 bits per heavy atom. The summed E-state index contributed by atoms with van der Waals surface area (Å²) in [5.41, 5.74) is 17.8. The summed E-state index contributed by atoms with van der Waals surface area (Å²) in [4.78, 5) is 14.5. The number of H-pyrrole nitrogens is 1. The van der Waals surface area contributed by atoms with Gasteiger partial charge in [-0.2, -0.15) is 22.7 Å². The van der Waals surface area contributed by atoms with Crippen LogP contribution in [0.15, 0.2) is 111 Å². The zero-order chi connectivity index (χ0) is 32.2. The lowest BCUT2D eigenvalue weighted by Gasteiger charge is -2.06. The van der Waals surface area contributed by atoms with Gasteiger partial charge in [0.15, 0.2) is 0 Å². The lowest BCUT2D eigenvalue weighted by Crippen LogP contribution is -1.88. The Morgan fingerprint density at radius 3 is 1.27 bits per heavy atom. The molecular formula is C42H29N3OS2. The Bertz CT molecular complexity index is 2370. The average Bonchev–Trinajstić information content (AvgIpc) is 3.94. The number of benzene rings is 2. The zero-order valence-electron chi connectivity index (χ0n) is 26.3. The highest BCUT2D eigenvalue weighted by molar-refractivity contribution is 7.08. The van der Waals surface area contributed by atoms with Crippen LogP contribution in [0.2, 0.25) is 0 Å². The van der Waals surface area contributed by atoms with Crippen molar-refractivity contribution in [1.29, 1.82) is 0 Å². The Balaban J connectivity index is 1.47. The predicted molar refractivity (Wildman–Crippen MR) is 204 cm³/mol. The lowest BCUT2D eigenvalue weighted by molar-refractivity contribution is 0.667. The van der Waals surface area contributed by atoms with E-state index in [9.17, 15) is 0 Å². The zero-order valence-corrected chi connectivity index (χ0v) is 28.0. The summed E-state index contributed by atoms with van der Waals surface area (Å²) in [6.07, 6.45) is 8.46. The molecule has 8 bridgehead atoms. The first-order chi connectivity index (χ1) is 23.6. The van der Waals surface area contributed by atoms with Gasteiger partial charge in [0.25, 0.3) is 0 Å². The quantitative estimate of drug-likeness (QED) is 0.205. The van der Waals surface area contributed by atoms with Gasteiger partial charge < -0.3 is 9.40 Å². The topological polar surface area (TPSA) is 54.7 Å². The van der Waals surface area contributed by atoms with Crippen LogP contribution in [-0.2, 0) is 0 Å². The molecule has 0 fully saturated rings. The summed E-state index contributed by atoms with van der Waals surface area (Å²) in [6, 6.07) is 30.1. The summed E-state index contributed by atoms with van der Waals surface area (Å²) >= 11 is 3.33. The maximum absolute atomic E-state index is 6.80. The van der Waals surface area contributed by atoms with Crippen molar-refractivity contribution in [2.75, 3.05) is 0 Å². The third-order valence-corrected chi connectivity index (χ3v) is 10.3. The number of thiophene rings is 2. The number of furan rings is 1. The fourth-order valence-electron chi connectivity index (χ4n) is 6.54. The SMILES string of the molecule is Cc1ccc(-c2c3nc(c(-c4ccsc4)c4ccc(o4)c(-c4ccsc4)c4nc(c(-c5ccc(C)cc5)c5ccc2[nH]5)C=C4)C=C3)cc1. The number of hydrogen-bond donors (Lipinski definition) is 1. The van der Waals surface area contributed by atoms with Gasteiger partial charge in [0.2, 0.25) is 0 Å². The summed E-state index contributed by atoms with van der Waals surface area (Å²) in [5, 5.41) is 8.51. The number of aryl methyl sites for hydroxylation is 2. The molecule has 7 aromatic rings. The first-order valence-electron chi connectivity index (χ1n) is 15.9. The van der Waals surface area contributed by atoms with Crippen LogP contribution in [0.4, 0.5) is 0 Å². The molecular weight excluding hydrogens is 627 g/mol. The molecule has 0 unspecified atom stereocenters. The van der Waals surface area contributed by atoms with Crippen LogP contribution in [0.1, 0.15) is 33.9 Å². The van der Waals surface area contributed by atoms with Crippen molar-refractivity contribution in [1.82, 2.24) is 15.0 Å². The van der Waals surface area contributed by atoms with Crippen molar-refractivity contribution in [3.8, 4) is 44.5 Å². The van der Waals surface area contributed by atoms with Gasteiger partial charge in [-0.15, -0.1) is 0 Å². The summed E-state index contributed by atoms with van der Waals surface area (Å²) in [6.45, 7) is 4.23. The van der Waals surface area contributed by atoms with E-state index in [1.54, 1.807) is 22.7 Å². The smallest absolute Gasteiger partial charge is 0.137 e. The number of nitrogens with one attached hydrogen (secondary N) is 1. The van der Waals surface area contributed by atoms with Crippen molar-refractivity contribution in [3.05, 3.63) is 140 Å². The van der Waals surface area contributed by atoms with E-state index in [-0.39, 0.29) is 0 Å². The van der Waals surface area contributed by atoms with Crippen molar-refractivity contribution in [2.45, 2.75) is 13.8 Å². The molecule has 48 heavy (non-hydrogen) atoms. The van der Waals surface area contributed by atoms with Gasteiger partial charge in [0, 0.05) is 22.2 Å². The van der Waals surface area contributed by atoms with E-state index < -0.39 is 0 Å². The number of hydrogen-bond acceptors (Lipinski definition) is 5. The Kier molecular flexibility index (Phi) is 6.92. The molecule has 6 heteroatoms. The lowest BCUT2D eigenvalue weighted by atomic mass is 10.0. The minimum Gasteiger partial charge on any atom is -0.456 e. The third-order valence-electron chi connectivity index (χ3n) is 8.93. The standard InChI is InChI=1S/C42H29N3OS2/c1-25-3-7-27(8-4-25)39-31-11-12-32(43-31)40(28-9-5-26(2)6-10-28)34-14-16-36(45-34)42(30-20-22-48-24-30)38-18-17-37(46-38)41(29-19-21-47-23-29)35-15-13-33(39)44-35/h3-24,43H,1-2H3. The summed E-state index contributed by atoms with van der Waals surface area (Å²) < 4.78 is 6.80. The molecule has 0 saturated heterocycles. The van der Waals surface area contributed by atoms with Gasteiger partial charge in [-0.25, -0.2) is 9.97 Å². The Morgan fingerprint density at radius 2 is 0.875 bits per heavy atom. The van der Waals surface area contributed by atoms with Crippen LogP contribution in [0.5, 0.6) is 0 Å². The number of aromatic nitrogens is 3. The van der Waals surface area contributed by atoms with Crippen LogP contribution >= 0.6 is 22.7 Å². The first kappa shape index (κ1) is 28.6. The van der Waals surface area contributed by atoms with E-state index >= 15 is 0 Å². The molecule has 5 aromatic heterocycles. The molecule has 9 rings (SSSR count). The predicted octanol–water partition coefficient (Wildman–Crippen LogP) is 12.3. The first-order valence-corrected chi connectivity index (χ1v) is 17.7. The molecule has 4 nitrogen and oxygen atoms in total. The molecule has 0 spiro atoms. The molecule has 0 amide bonds. The highest BCUT2D eigenvalue weighted by Gasteiger charge is 2.19. The summed E-state index contributed by atoms with van der Waals surface area (Å²) in [7, 11) is 0. The fourth-order valence-corrected chi connectivity index (χ4v) is 7.84. The van der Waals surface area contributed by atoms with Crippen molar-refractivity contribution < 1.29 is 4.42 Å². The van der Waals surface area contributed by atoms with E-state index in [4.69, 9.17) is 14.4 Å². The van der Waals surface area contributed by atoms with Crippen LogP contribution in [0.25, 0.3) is 91.0 Å². The highest BCUT2D eigenvalue weighted by Crippen LogP contribution is 2.40. The van der Waals surface area contributed by atoms with Gasteiger partial charge in [0.05, 0.1) is 33.9 Å². The van der Waals surface area contributed by atoms with Gasteiger partial charge in [-0.1, -0.05) is 59.7 Å². The third kappa shape index (κ3) is 4.98. The van der Waals surface area contributed by atoms with Crippen molar-refractivity contribution in [3.63, 3.8) is 0 Å². The summed E-state index contributed by atoms with van der Waals surface area (Å²) in [5.74, 6) is 0. The second-order valence-electron chi connectivity index (χ2n) is 12.1. The maximum atomic E-state index is 6.80. The number of aromatic amines is 1. The normalized spacial score (nSPS) is 12.2. The van der Waals surface area contributed by atoms with Crippen molar-refractivity contribution in [2.24, 2.45) is 0 Å². The largest absolute Gasteiger partial charge is 0.456 e. The molecule has 2 aliphatic rings. The average molecular weight is 656 g/mol. The highest BCUT2D eigenvalue weighted by atomic mass is 32.1. The molecule has 230 valence electrons. The number of nitrogens with zero attached hydrogens (tertiary/aromatic N) is 2. The molecule has 0 aliphatic carbocycles. The fraction of sp³-hybridized carbons (Fsp3) is 0.0476. The monoisotopic (exact) mass is 655 g/mol. The van der Waals surface area contributed by atoms with Gasteiger partial charge >= 0.3 is 0 Å². The number of fused-ring (bicyclic) bond motifs is 8. The van der Waals surface area contributed by atoms with E-state index in [1.165, 1.54) is 11.1 Å². The molecule has 0 atom stereocenters. The van der Waals surface area contributed by atoms with Gasteiger partial charge in [0.1, 0.15) is 11.2 Å². The van der Waals surface area contributed by atoms with E-state index in [1.807, 2.05) is 0 Å². The van der Waals surface area contributed by atoms with Crippen LogP contribution in [0, 0.1) is 13.8 Å². The van der Waals surface area contributed by atoms with Gasteiger partial charge in [-0.3, -0.25) is 0 Å². The van der Waals surface area contributed by atoms with E-state index in [2.05, 4.69) is 150 Å². The second kappa shape index (κ2) is 11.6. The second-order valence-corrected chi connectivity index (χ2v) is 13.7. The van der Waals surface area contributed by atoms with Crippen LogP contribution in [-0.4, -0.2) is 15.0 Å². The van der Waals surface area contributed by atoms with Gasteiger partial charge in [-0.05, 0) is 118 Å². The molecule has 0 saturated carbocycles. The van der Waals surface area contributed by atoms with E-state index in [0.29, 0.717) is 0 Å². The Labute approximate surface area is 286 Å². The molecule has 7 heterocycles. The molecule has 0 radical (unpaired) electrons. The molecule has 1 N–H and O–H groups in total. The maximum Gasteiger partial charge on any atom is 0.137 e. The van der Waals surface area contributed by atoms with E-state index in [0.717, 1.165) is 89.5 Å². The molecule has 2 aliphatic heterocycles. The van der Waals surface area contributed by atoms with Crippen LogP contribution < -0.4 is 0 Å². The minimum atomic E-state index is 0.769. The minimum absolute atomic E-state index is 0.769. The molecule has 2 aromatic carbocycles. The Hall–Kier alpha value is -5.56. The number of rotatable bonds is 4.